The first-order valence-electron chi connectivity index (χ1n) is 7.08. The van der Waals surface area contributed by atoms with Gasteiger partial charge in [0.1, 0.15) is 0 Å². The van der Waals surface area contributed by atoms with Crippen LogP contribution in [0, 0.1) is 0 Å². The smallest absolute Gasteiger partial charge is 0.301 e. The molecule has 0 amide bonds. The van der Waals surface area contributed by atoms with Gasteiger partial charge in [-0.1, -0.05) is 13.0 Å². The first-order valence-corrected chi connectivity index (χ1v) is 9.75. The second kappa shape index (κ2) is 9.30. The molecule has 0 saturated heterocycles. The van der Waals surface area contributed by atoms with Gasteiger partial charge in [-0.2, -0.15) is 12.7 Å². The van der Waals surface area contributed by atoms with Crippen LogP contribution >= 0.6 is 11.8 Å². The standard InChI is InChI=1S/C14H25N3O2S2/c1-4-9-15-10-6-11-17(2)21(18,19)16-13-7-5-8-14(12-13)20-3/h5,7-8,12,15-16H,4,6,9-11H2,1-3H3. The van der Waals surface area contributed by atoms with E-state index in [0.717, 1.165) is 30.8 Å². The molecule has 7 heteroatoms. The normalized spacial score (nSPS) is 11.8. The number of thioether (sulfide) groups is 1. The molecule has 1 rings (SSSR count). The summed E-state index contributed by atoms with van der Waals surface area (Å²) >= 11 is 1.58. The fourth-order valence-electron chi connectivity index (χ4n) is 1.76. The second-order valence-electron chi connectivity index (χ2n) is 4.76. The van der Waals surface area contributed by atoms with Gasteiger partial charge in [0.2, 0.25) is 0 Å². The van der Waals surface area contributed by atoms with Gasteiger partial charge in [-0.25, -0.2) is 0 Å². The monoisotopic (exact) mass is 331 g/mol. The Balaban J connectivity index is 2.51. The summed E-state index contributed by atoms with van der Waals surface area (Å²) in [5.41, 5.74) is 0.595. The zero-order chi connectivity index (χ0) is 15.7. The van der Waals surface area contributed by atoms with E-state index in [1.165, 1.54) is 4.31 Å². The Labute approximate surface area is 132 Å². The van der Waals surface area contributed by atoms with Gasteiger partial charge in [-0.05, 0) is 50.4 Å². The van der Waals surface area contributed by atoms with Crippen LogP contribution in [-0.2, 0) is 10.2 Å². The van der Waals surface area contributed by atoms with E-state index in [1.807, 2.05) is 24.5 Å². The van der Waals surface area contributed by atoms with Crippen molar-refractivity contribution in [1.29, 1.82) is 0 Å². The molecule has 2 N–H and O–H groups in total. The summed E-state index contributed by atoms with van der Waals surface area (Å²) in [6.07, 6.45) is 3.84. The van der Waals surface area contributed by atoms with E-state index in [0.29, 0.717) is 12.2 Å². The molecule has 0 aliphatic rings. The minimum atomic E-state index is -3.48. The zero-order valence-corrected chi connectivity index (χ0v) is 14.6. The van der Waals surface area contributed by atoms with Crippen molar-refractivity contribution >= 4 is 27.7 Å². The first kappa shape index (κ1) is 18.3. The Morgan fingerprint density at radius 1 is 1.29 bits per heavy atom. The minimum absolute atomic E-state index is 0.494. The lowest BCUT2D eigenvalue weighted by molar-refractivity contribution is 0.458. The lowest BCUT2D eigenvalue weighted by Gasteiger charge is -2.18. The Morgan fingerprint density at radius 2 is 2.05 bits per heavy atom. The molecule has 0 atom stereocenters. The number of benzene rings is 1. The molecule has 1 aromatic carbocycles. The number of rotatable bonds is 10. The van der Waals surface area contributed by atoms with Crippen molar-refractivity contribution in [3.8, 4) is 0 Å². The number of nitrogens with zero attached hydrogens (tertiary/aromatic N) is 1. The van der Waals surface area contributed by atoms with Crippen molar-refractivity contribution in [2.45, 2.75) is 24.7 Å². The molecule has 120 valence electrons. The molecule has 0 fully saturated rings. The quantitative estimate of drug-likeness (QED) is 0.510. The van der Waals surface area contributed by atoms with Crippen LogP contribution in [0.25, 0.3) is 0 Å². The summed E-state index contributed by atoms with van der Waals surface area (Å²) in [4.78, 5) is 1.03. The van der Waals surface area contributed by atoms with Crippen molar-refractivity contribution in [3.63, 3.8) is 0 Å². The zero-order valence-electron chi connectivity index (χ0n) is 12.9. The molecule has 0 radical (unpaired) electrons. The third kappa shape index (κ3) is 6.69. The molecular weight excluding hydrogens is 306 g/mol. The molecule has 5 nitrogen and oxygen atoms in total. The number of hydrogen-bond donors (Lipinski definition) is 2. The first-order chi connectivity index (χ1) is 9.99. The van der Waals surface area contributed by atoms with Gasteiger partial charge in [0.05, 0.1) is 5.69 Å². The summed E-state index contributed by atoms with van der Waals surface area (Å²) < 4.78 is 28.4. The van der Waals surface area contributed by atoms with Crippen LogP contribution in [0.15, 0.2) is 29.2 Å². The van der Waals surface area contributed by atoms with Crippen molar-refractivity contribution in [2.24, 2.45) is 0 Å². The van der Waals surface area contributed by atoms with Crippen molar-refractivity contribution in [1.82, 2.24) is 9.62 Å². The topological polar surface area (TPSA) is 61.4 Å². The molecule has 0 aliphatic carbocycles. The van der Waals surface area contributed by atoms with E-state index in [1.54, 1.807) is 24.9 Å². The highest BCUT2D eigenvalue weighted by Crippen LogP contribution is 2.20. The van der Waals surface area contributed by atoms with Crippen LogP contribution < -0.4 is 10.0 Å². The van der Waals surface area contributed by atoms with Gasteiger partial charge >= 0.3 is 10.2 Å². The van der Waals surface area contributed by atoms with Crippen molar-refractivity contribution in [2.75, 3.05) is 37.7 Å². The fourth-order valence-corrected chi connectivity index (χ4v) is 3.17. The highest BCUT2D eigenvalue weighted by molar-refractivity contribution is 7.98. The largest absolute Gasteiger partial charge is 0.317 e. The van der Waals surface area contributed by atoms with E-state index in [4.69, 9.17) is 0 Å². The Kier molecular flexibility index (Phi) is 8.10. The molecule has 0 aliphatic heterocycles. The molecule has 21 heavy (non-hydrogen) atoms. The maximum Gasteiger partial charge on any atom is 0.301 e. The predicted octanol–water partition coefficient (Wildman–Crippen LogP) is 2.39. The molecule has 0 saturated carbocycles. The summed E-state index contributed by atoms with van der Waals surface area (Å²) in [5, 5.41) is 3.26. The predicted molar refractivity (Wildman–Crippen MR) is 91.2 cm³/mol. The van der Waals surface area contributed by atoms with Gasteiger partial charge in [-0.15, -0.1) is 11.8 Å². The van der Waals surface area contributed by atoms with E-state index in [-0.39, 0.29) is 0 Å². The SMILES string of the molecule is CCCNCCCN(C)S(=O)(=O)Nc1cccc(SC)c1. The molecule has 0 bridgehead atoms. The molecule has 0 aromatic heterocycles. The summed E-state index contributed by atoms with van der Waals surface area (Å²) in [5.74, 6) is 0. The van der Waals surface area contributed by atoms with E-state index in [2.05, 4.69) is 17.0 Å². The van der Waals surface area contributed by atoms with Gasteiger partial charge < -0.3 is 5.32 Å². The Morgan fingerprint density at radius 3 is 2.71 bits per heavy atom. The van der Waals surface area contributed by atoms with Gasteiger partial charge in [-0.3, -0.25) is 4.72 Å². The number of hydrogen-bond acceptors (Lipinski definition) is 4. The van der Waals surface area contributed by atoms with Crippen LogP contribution in [0.2, 0.25) is 0 Å². The van der Waals surface area contributed by atoms with E-state index in [9.17, 15) is 8.42 Å². The molecule has 1 aromatic rings. The van der Waals surface area contributed by atoms with Gasteiger partial charge in [0.25, 0.3) is 0 Å². The summed E-state index contributed by atoms with van der Waals surface area (Å²) in [7, 11) is -1.89. The number of nitrogens with one attached hydrogen (secondary N) is 2. The van der Waals surface area contributed by atoms with Gasteiger partial charge in [0.15, 0.2) is 0 Å². The maximum atomic E-state index is 12.2. The lowest BCUT2D eigenvalue weighted by Crippen LogP contribution is -2.34. The van der Waals surface area contributed by atoms with E-state index >= 15 is 0 Å². The minimum Gasteiger partial charge on any atom is -0.317 e. The fraction of sp³-hybridized carbons (Fsp3) is 0.571. The maximum absolute atomic E-state index is 12.2. The summed E-state index contributed by atoms with van der Waals surface area (Å²) in [6, 6.07) is 7.39. The highest BCUT2D eigenvalue weighted by atomic mass is 32.2. The molecule has 0 unspecified atom stereocenters. The van der Waals surface area contributed by atoms with Crippen molar-refractivity contribution in [3.05, 3.63) is 24.3 Å². The number of anilines is 1. The molecular formula is C14H25N3O2S2. The van der Waals surface area contributed by atoms with Crippen LogP contribution in [0.4, 0.5) is 5.69 Å². The highest BCUT2D eigenvalue weighted by Gasteiger charge is 2.16. The molecule has 0 spiro atoms. The average molecular weight is 332 g/mol. The van der Waals surface area contributed by atoms with Crippen LogP contribution in [0.5, 0.6) is 0 Å². The van der Waals surface area contributed by atoms with Gasteiger partial charge in [0, 0.05) is 18.5 Å². The van der Waals surface area contributed by atoms with E-state index < -0.39 is 10.2 Å². The second-order valence-corrected chi connectivity index (χ2v) is 7.42. The summed E-state index contributed by atoms with van der Waals surface area (Å²) in [6.45, 7) is 4.40. The van der Waals surface area contributed by atoms with Crippen LogP contribution in [-0.4, -0.2) is 45.7 Å². The third-order valence-electron chi connectivity index (χ3n) is 2.98. The van der Waals surface area contributed by atoms with Crippen molar-refractivity contribution < 1.29 is 8.42 Å². The Hall–Kier alpha value is -0.760. The van der Waals surface area contributed by atoms with Crippen LogP contribution in [0.3, 0.4) is 0 Å². The molecule has 0 heterocycles. The Bertz CT molecular complexity index is 521. The lowest BCUT2D eigenvalue weighted by atomic mass is 10.3. The van der Waals surface area contributed by atoms with Crippen LogP contribution in [0.1, 0.15) is 19.8 Å². The third-order valence-corrected chi connectivity index (χ3v) is 5.20. The average Bonchev–Trinajstić information content (AvgIpc) is 2.46.